The van der Waals surface area contributed by atoms with Gasteiger partial charge in [-0.05, 0) is 22.6 Å². The fourth-order valence-electron chi connectivity index (χ4n) is 1.87. The SMILES string of the molecule is CC(=O)c1cc(=O)n(-c2ccccc2-n2cnnn2)[nH]1. The third-order valence-electron chi connectivity index (χ3n) is 2.82. The minimum atomic E-state index is -0.323. The molecule has 0 radical (unpaired) electrons. The number of aromatic amines is 1. The van der Waals surface area contributed by atoms with Crippen LogP contribution in [0.15, 0.2) is 41.5 Å². The smallest absolute Gasteiger partial charge is 0.271 e. The molecular weight excluding hydrogens is 260 g/mol. The summed E-state index contributed by atoms with van der Waals surface area (Å²) >= 11 is 0. The molecule has 0 bridgehead atoms. The number of para-hydroxylation sites is 2. The standard InChI is InChI=1S/C12H10N6O2/c1-8(19)9-6-12(20)18(14-9)11-5-3-2-4-10(11)17-7-13-15-16-17/h2-7,14H,1H3. The van der Waals surface area contributed by atoms with Gasteiger partial charge in [-0.2, -0.15) is 4.68 Å². The van der Waals surface area contributed by atoms with E-state index in [2.05, 4.69) is 20.6 Å². The molecule has 20 heavy (non-hydrogen) atoms. The van der Waals surface area contributed by atoms with E-state index in [9.17, 15) is 9.59 Å². The lowest BCUT2D eigenvalue weighted by atomic mass is 10.2. The van der Waals surface area contributed by atoms with Crippen LogP contribution < -0.4 is 5.56 Å². The van der Waals surface area contributed by atoms with Gasteiger partial charge in [0, 0.05) is 13.0 Å². The van der Waals surface area contributed by atoms with E-state index in [-0.39, 0.29) is 17.0 Å². The van der Waals surface area contributed by atoms with Crippen molar-refractivity contribution in [1.29, 1.82) is 0 Å². The number of rotatable bonds is 3. The molecule has 100 valence electrons. The molecule has 0 saturated heterocycles. The van der Waals surface area contributed by atoms with Crippen LogP contribution in [0.3, 0.4) is 0 Å². The van der Waals surface area contributed by atoms with Crippen LogP contribution in [0.4, 0.5) is 0 Å². The van der Waals surface area contributed by atoms with E-state index in [4.69, 9.17) is 0 Å². The molecule has 0 atom stereocenters. The second kappa shape index (κ2) is 4.57. The molecule has 2 heterocycles. The molecule has 0 aliphatic rings. The van der Waals surface area contributed by atoms with Gasteiger partial charge in [-0.25, -0.2) is 4.68 Å². The number of carbonyl (C=O) groups excluding carboxylic acids is 1. The summed E-state index contributed by atoms with van der Waals surface area (Å²) in [5, 5.41) is 13.7. The van der Waals surface area contributed by atoms with Gasteiger partial charge in [-0.3, -0.25) is 14.7 Å². The summed E-state index contributed by atoms with van der Waals surface area (Å²) < 4.78 is 2.73. The lowest BCUT2D eigenvalue weighted by molar-refractivity contribution is 0.101. The highest BCUT2D eigenvalue weighted by atomic mass is 16.1. The number of carbonyl (C=O) groups is 1. The second-order valence-corrected chi connectivity index (χ2v) is 4.14. The number of ketones is 1. The van der Waals surface area contributed by atoms with Crippen molar-refractivity contribution in [2.75, 3.05) is 0 Å². The van der Waals surface area contributed by atoms with Crippen molar-refractivity contribution in [2.24, 2.45) is 0 Å². The maximum Gasteiger partial charge on any atom is 0.271 e. The highest BCUT2D eigenvalue weighted by Crippen LogP contribution is 2.15. The van der Waals surface area contributed by atoms with Crippen LogP contribution in [0.25, 0.3) is 11.4 Å². The monoisotopic (exact) mass is 270 g/mol. The fourth-order valence-corrected chi connectivity index (χ4v) is 1.87. The lowest BCUT2D eigenvalue weighted by Crippen LogP contribution is -2.16. The summed E-state index contributed by atoms with van der Waals surface area (Å²) in [7, 11) is 0. The van der Waals surface area contributed by atoms with Crippen molar-refractivity contribution in [2.45, 2.75) is 6.92 Å². The first-order valence-corrected chi connectivity index (χ1v) is 5.82. The highest BCUT2D eigenvalue weighted by Gasteiger charge is 2.12. The van der Waals surface area contributed by atoms with Crippen molar-refractivity contribution in [3.05, 3.63) is 52.7 Å². The number of Topliss-reactive ketones (excluding diaryl/α,β-unsaturated/α-hetero) is 1. The average Bonchev–Trinajstić information content (AvgIpc) is 3.08. The molecule has 1 aromatic carbocycles. The van der Waals surface area contributed by atoms with Crippen LogP contribution in [0.1, 0.15) is 17.4 Å². The predicted molar refractivity (Wildman–Crippen MR) is 69.1 cm³/mol. The van der Waals surface area contributed by atoms with Gasteiger partial charge in [0.15, 0.2) is 5.78 Å². The molecule has 1 N–H and O–H groups in total. The van der Waals surface area contributed by atoms with E-state index in [1.807, 2.05) is 0 Å². The molecule has 0 amide bonds. The number of benzene rings is 1. The van der Waals surface area contributed by atoms with Crippen LogP contribution >= 0.6 is 0 Å². The minimum absolute atomic E-state index is 0.208. The molecule has 0 aliphatic carbocycles. The Morgan fingerprint density at radius 1 is 1.25 bits per heavy atom. The summed E-state index contributed by atoms with van der Waals surface area (Å²) in [5.74, 6) is -0.208. The molecule has 2 aromatic heterocycles. The van der Waals surface area contributed by atoms with E-state index in [1.54, 1.807) is 24.3 Å². The van der Waals surface area contributed by atoms with Crippen molar-refractivity contribution in [1.82, 2.24) is 30.0 Å². The second-order valence-electron chi connectivity index (χ2n) is 4.14. The molecule has 8 heteroatoms. The Labute approximate surface area is 112 Å². The van der Waals surface area contributed by atoms with Crippen molar-refractivity contribution >= 4 is 5.78 Å². The predicted octanol–water partition coefficient (Wildman–Crippen LogP) is 0.344. The number of hydrogen-bond acceptors (Lipinski definition) is 5. The van der Waals surface area contributed by atoms with E-state index in [0.717, 1.165) is 0 Å². The summed E-state index contributed by atoms with van der Waals surface area (Å²) in [5.41, 5.74) is 1.10. The van der Waals surface area contributed by atoms with Gasteiger partial charge in [0.05, 0.1) is 11.4 Å². The number of hydrogen-bond donors (Lipinski definition) is 1. The zero-order valence-corrected chi connectivity index (χ0v) is 10.5. The summed E-state index contributed by atoms with van der Waals surface area (Å²) in [6, 6.07) is 8.36. The lowest BCUT2D eigenvalue weighted by Gasteiger charge is -2.08. The Morgan fingerprint density at radius 3 is 2.60 bits per heavy atom. The Morgan fingerprint density at radius 2 is 2.00 bits per heavy atom. The number of nitrogens with one attached hydrogen (secondary N) is 1. The molecule has 0 saturated carbocycles. The third kappa shape index (κ3) is 1.92. The maximum absolute atomic E-state index is 12.0. The van der Waals surface area contributed by atoms with E-state index in [0.29, 0.717) is 11.4 Å². The van der Waals surface area contributed by atoms with Gasteiger partial charge in [0.2, 0.25) is 0 Å². The first-order valence-electron chi connectivity index (χ1n) is 5.82. The van der Waals surface area contributed by atoms with Crippen LogP contribution in [-0.2, 0) is 0 Å². The molecule has 0 unspecified atom stereocenters. The van der Waals surface area contributed by atoms with Gasteiger partial charge < -0.3 is 0 Å². The molecule has 0 spiro atoms. The third-order valence-corrected chi connectivity index (χ3v) is 2.82. The molecule has 0 aliphatic heterocycles. The normalized spacial score (nSPS) is 10.7. The van der Waals surface area contributed by atoms with Gasteiger partial charge in [-0.1, -0.05) is 12.1 Å². The first-order chi connectivity index (χ1) is 9.66. The number of aromatic nitrogens is 6. The quantitative estimate of drug-likeness (QED) is 0.692. The average molecular weight is 270 g/mol. The molecule has 0 fully saturated rings. The van der Waals surface area contributed by atoms with Gasteiger partial charge >= 0.3 is 0 Å². The van der Waals surface area contributed by atoms with E-state index < -0.39 is 0 Å². The Balaban J connectivity index is 2.21. The van der Waals surface area contributed by atoms with Crippen LogP contribution in [-0.4, -0.2) is 35.8 Å². The Kier molecular flexibility index (Phi) is 2.75. The maximum atomic E-state index is 12.0. The molecular formula is C12H10N6O2. The highest BCUT2D eigenvalue weighted by molar-refractivity contribution is 5.92. The van der Waals surface area contributed by atoms with Gasteiger partial charge in [0.25, 0.3) is 5.56 Å². The summed E-state index contributed by atoms with van der Waals surface area (Å²) in [6.07, 6.45) is 1.43. The fraction of sp³-hybridized carbons (Fsp3) is 0.0833. The number of nitrogens with zero attached hydrogens (tertiary/aromatic N) is 5. The number of H-pyrrole nitrogens is 1. The number of tetrazole rings is 1. The Hall–Kier alpha value is -3.03. The van der Waals surface area contributed by atoms with E-state index >= 15 is 0 Å². The molecule has 3 rings (SSSR count). The van der Waals surface area contributed by atoms with Crippen molar-refractivity contribution < 1.29 is 4.79 Å². The minimum Gasteiger partial charge on any atom is -0.293 e. The van der Waals surface area contributed by atoms with Crippen LogP contribution in [0.5, 0.6) is 0 Å². The van der Waals surface area contributed by atoms with Gasteiger partial charge in [0.1, 0.15) is 12.0 Å². The summed E-state index contributed by atoms with van der Waals surface area (Å²) in [4.78, 5) is 23.3. The molecule has 8 nitrogen and oxygen atoms in total. The Bertz CT molecular complexity index is 815. The largest absolute Gasteiger partial charge is 0.293 e. The first kappa shape index (κ1) is 12.0. The molecule has 3 aromatic rings. The summed E-state index contributed by atoms with van der Waals surface area (Å²) in [6.45, 7) is 1.39. The zero-order valence-electron chi connectivity index (χ0n) is 10.5. The topological polar surface area (TPSA) is 98.5 Å². The van der Waals surface area contributed by atoms with E-state index in [1.165, 1.54) is 28.7 Å². The van der Waals surface area contributed by atoms with Crippen LogP contribution in [0.2, 0.25) is 0 Å². The zero-order chi connectivity index (χ0) is 14.1. The van der Waals surface area contributed by atoms with Crippen molar-refractivity contribution in [3.63, 3.8) is 0 Å². The van der Waals surface area contributed by atoms with Crippen LogP contribution in [0, 0.1) is 0 Å². The van der Waals surface area contributed by atoms with Gasteiger partial charge in [-0.15, -0.1) is 5.10 Å². The van der Waals surface area contributed by atoms with Crippen molar-refractivity contribution in [3.8, 4) is 11.4 Å².